The fourth-order valence-electron chi connectivity index (χ4n) is 1.72. The first-order valence-corrected chi connectivity index (χ1v) is 6.39. The van der Waals surface area contributed by atoms with E-state index in [9.17, 15) is 9.59 Å². The number of para-hydroxylation sites is 1. The molecule has 22 heavy (non-hydrogen) atoms. The summed E-state index contributed by atoms with van der Waals surface area (Å²) in [5, 5.41) is 5.05. The molecule has 0 unspecified atom stereocenters. The van der Waals surface area contributed by atoms with Crippen LogP contribution in [0.1, 0.15) is 21.0 Å². The Kier molecular flexibility index (Phi) is 3.69. The summed E-state index contributed by atoms with van der Waals surface area (Å²) in [5.74, 6) is -0.830. The molecule has 2 amide bonds. The molecule has 0 aliphatic heterocycles. The van der Waals surface area contributed by atoms with Gasteiger partial charge in [0.05, 0.1) is 6.26 Å². The molecule has 110 valence electrons. The van der Waals surface area contributed by atoms with Gasteiger partial charge >= 0.3 is 6.01 Å². The molecule has 0 atom stereocenters. The largest absolute Gasteiger partial charge is 0.459 e. The SMILES string of the molecule is O=C(Nc1ccccc1)c1coc(NC(=O)c2ccco2)n1. The third-order valence-electron chi connectivity index (χ3n) is 2.73. The van der Waals surface area contributed by atoms with Gasteiger partial charge in [-0.3, -0.25) is 14.9 Å². The maximum Gasteiger partial charge on any atom is 0.302 e. The highest BCUT2D eigenvalue weighted by Gasteiger charge is 2.16. The molecule has 2 heterocycles. The Morgan fingerprint density at radius 3 is 2.45 bits per heavy atom. The van der Waals surface area contributed by atoms with E-state index in [-0.39, 0.29) is 17.5 Å². The molecule has 7 heteroatoms. The number of nitrogens with one attached hydrogen (secondary N) is 2. The summed E-state index contributed by atoms with van der Waals surface area (Å²) in [5.41, 5.74) is 0.690. The van der Waals surface area contributed by atoms with E-state index in [2.05, 4.69) is 15.6 Å². The fourth-order valence-corrected chi connectivity index (χ4v) is 1.72. The molecule has 0 saturated carbocycles. The fraction of sp³-hybridized carbons (Fsp3) is 0. The van der Waals surface area contributed by atoms with E-state index in [0.29, 0.717) is 5.69 Å². The zero-order valence-electron chi connectivity index (χ0n) is 11.3. The average molecular weight is 297 g/mol. The summed E-state index contributed by atoms with van der Waals surface area (Å²) in [6.45, 7) is 0. The van der Waals surface area contributed by atoms with Crippen molar-refractivity contribution in [2.75, 3.05) is 10.6 Å². The smallest absolute Gasteiger partial charge is 0.302 e. The molecule has 7 nitrogen and oxygen atoms in total. The van der Waals surface area contributed by atoms with Gasteiger partial charge in [0.2, 0.25) is 0 Å². The van der Waals surface area contributed by atoms with Crippen molar-refractivity contribution in [3.05, 3.63) is 66.4 Å². The van der Waals surface area contributed by atoms with Crippen LogP contribution in [0.25, 0.3) is 0 Å². The lowest BCUT2D eigenvalue weighted by Gasteiger charge is -2.01. The maximum absolute atomic E-state index is 12.0. The van der Waals surface area contributed by atoms with Gasteiger partial charge in [0.15, 0.2) is 11.5 Å². The number of hydrogen-bond acceptors (Lipinski definition) is 5. The lowest BCUT2D eigenvalue weighted by atomic mass is 10.3. The number of oxazole rings is 1. The first-order chi connectivity index (χ1) is 10.7. The van der Waals surface area contributed by atoms with Crippen LogP contribution in [0.15, 0.2) is 63.8 Å². The van der Waals surface area contributed by atoms with Crippen molar-refractivity contribution in [1.29, 1.82) is 0 Å². The average Bonchev–Trinajstić information content (AvgIpc) is 3.19. The summed E-state index contributed by atoms with van der Waals surface area (Å²) in [6.07, 6.45) is 2.54. The van der Waals surface area contributed by atoms with E-state index in [1.165, 1.54) is 12.3 Å². The second-order valence-electron chi connectivity index (χ2n) is 4.29. The van der Waals surface area contributed by atoms with Crippen LogP contribution in [0.3, 0.4) is 0 Å². The number of carbonyl (C=O) groups is 2. The predicted octanol–water partition coefficient (Wildman–Crippen LogP) is 2.77. The quantitative estimate of drug-likeness (QED) is 0.771. The number of rotatable bonds is 4. The standard InChI is InChI=1S/C15H11N3O4/c19-13(16-10-5-2-1-3-6-10)11-9-22-15(17-11)18-14(20)12-7-4-8-21-12/h1-9H,(H,16,19)(H,17,18,20). The number of amides is 2. The van der Waals surface area contributed by atoms with Gasteiger partial charge in [0.25, 0.3) is 11.8 Å². The van der Waals surface area contributed by atoms with Gasteiger partial charge in [-0.1, -0.05) is 18.2 Å². The van der Waals surface area contributed by atoms with Crippen molar-refractivity contribution < 1.29 is 18.4 Å². The van der Waals surface area contributed by atoms with Crippen LogP contribution in [-0.2, 0) is 0 Å². The van der Waals surface area contributed by atoms with E-state index in [1.54, 1.807) is 30.3 Å². The molecule has 0 aliphatic rings. The Labute approximate surface area is 125 Å². The highest BCUT2D eigenvalue weighted by molar-refractivity contribution is 6.04. The van der Waals surface area contributed by atoms with Gasteiger partial charge in [-0.05, 0) is 24.3 Å². The second kappa shape index (κ2) is 5.96. The molecule has 3 rings (SSSR count). The number of anilines is 2. The van der Waals surface area contributed by atoms with Gasteiger partial charge < -0.3 is 14.2 Å². The lowest BCUT2D eigenvalue weighted by molar-refractivity contribution is 0.0990. The number of hydrogen-bond donors (Lipinski definition) is 2. The minimum absolute atomic E-state index is 0.0543. The molecule has 2 N–H and O–H groups in total. The van der Waals surface area contributed by atoms with Gasteiger partial charge in [-0.25, -0.2) is 0 Å². The Bertz CT molecular complexity index is 778. The van der Waals surface area contributed by atoms with Crippen molar-refractivity contribution >= 4 is 23.5 Å². The van der Waals surface area contributed by atoms with Crippen molar-refractivity contribution in [2.24, 2.45) is 0 Å². The minimum Gasteiger partial charge on any atom is -0.459 e. The molecule has 0 aliphatic carbocycles. The first-order valence-electron chi connectivity index (χ1n) is 6.39. The monoisotopic (exact) mass is 297 g/mol. The van der Waals surface area contributed by atoms with Crippen LogP contribution in [0.4, 0.5) is 11.7 Å². The first kappa shape index (κ1) is 13.6. The van der Waals surface area contributed by atoms with Crippen molar-refractivity contribution in [3.63, 3.8) is 0 Å². The number of carbonyl (C=O) groups excluding carboxylic acids is 2. The van der Waals surface area contributed by atoms with Gasteiger partial charge in [-0.2, -0.15) is 4.98 Å². The van der Waals surface area contributed by atoms with Crippen LogP contribution in [0.2, 0.25) is 0 Å². The summed E-state index contributed by atoms with van der Waals surface area (Å²) in [4.78, 5) is 27.6. The zero-order valence-corrected chi connectivity index (χ0v) is 11.3. The molecule has 1 aromatic carbocycles. The third kappa shape index (κ3) is 3.04. The zero-order chi connectivity index (χ0) is 15.4. The molecule has 3 aromatic rings. The van der Waals surface area contributed by atoms with Gasteiger partial charge in [-0.15, -0.1) is 0 Å². The normalized spacial score (nSPS) is 10.2. The number of furan rings is 1. The third-order valence-corrected chi connectivity index (χ3v) is 2.73. The predicted molar refractivity (Wildman–Crippen MR) is 77.6 cm³/mol. The lowest BCUT2D eigenvalue weighted by Crippen LogP contribution is -2.14. The number of benzene rings is 1. The second-order valence-corrected chi connectivity index (χ2v) is 4.29. The van der Waals surface area contributed by atoms with E-state index in [0.717, 1.165) is 6.26 Å². The summed E-state index contributed by atoms with van der Waals surface area (Å²) < 4.78 is 9.99. The molecule has 0 saturated heterocycles. The molecule has 0 bridgehead atoms. The van der Waals surface area contributed by atoms with Crippen molar-refractivity contribution in [2.45, 2.75) is 0 Å². The van der Waals surface area contributed by atoms with E-state index >= 15 is 0 Å². The highest BCUT2D eigenvalue weighted by atomic mass is 16.4. The Morgan fingerprint density at radius 1 is 0.909 bits per heavy atom. The van der Waals surface area contributed by atoms with E-state index in [4.69, 9.17) is 8.83 Å². The molecular weight excluding hydrogens is 286 g/mol. The summed E-state index contributed by atoms with van der Waals surface area (Å²) in [7, 11) is 0. The van der Waals surface area contributed by atoms with Crippen LogP contribution >= 0.6 is 0 Å². The van der Waals surface area contributed by atoms with E-state index in [1.807, 2.05) is 6.07 Å². The molecule has 0 fully saturated rings. The van der Waals surface area contributed by atoms with Gasteiger partial charge in [0.1, 0.15) is 6.26 Å². The molecule has 0 radical (unpaired) electrons. The van der Waals surface area contributed by atoms with Crippen LogP contribution < -0.4 is 10.6 Å². The highest BCUT2D eigenvalue weighted by Crippen LogP contribution is 2.12. The molecular formula is C15H11N3O4. The van der Waals surface area contributed by atoms with Crippen molar-refractivity contribution in [1.82, 2.24) is 4.98 Å². The Balaban J connectivity index is 1.66. The van der Waals surface area contributed by atoms with Crippen LogP contribution in [-0.4, -0.2) is 16.8 Å². The van der Waals surface area contributed by atoms with Crippen molar-refractivity contribution in [3.8, 4) is 0 Å². The Hall–Kier alpha value is -3.35. The molecule has 2 aromatic heterocycles. The summed E-state index contributed by atoms with van der Waals surface area (Å²) >= 11 is 0. The molecule has 0 spiro atoms. The Morgan fingerprint density at radius 2 is 1.73 bits per heavy atom. The summed E-state index contributed by atoms with van der Waals surface area (Å²) in [6, 6.07) is 11.9. The minimum atomic E-state index is -0.512. The van der Waals surface area contributed by atoms with Crippen LogP contribution in [0, 0.1) is 0 Å². The van der Waals surface area contributed by atoms with E-state index < -0.39 is 11.8 Å². The topological polar surface area (TPSA) is 97.4 Å². The van der Waals surface area contributed by atoms with Gasteiger partial charge in [0, 0.05) is 5.69 Å². The maximum atomic E-state index is 12.0. The number of nitrogens with zero attached hydrogens (tertiary/aromatic N) is 1. The number of aromatic nitrogens is 1. The van der Waals surface area contributed by atoms with Crippen LogP contribution in [0.5, 0.6) is 0 Å².